The molecule has 0 aromatic heterocycles. The molecule has 0 bridgehead atoms. The van der Waals surface area contributed by atoms with E-state index in [2.05, 4.69) is 24.4 Å². The predicted octanol–water partition coefficient (Wildman–Crippen LogP) is 2.01. The summed E-state index contributed by atoms with van der Waals surface area (Å²) in [6, 6.07) is 8.26. The molecule has 0 radical (unpaired) electrons. The summed E-state index contributed by atoms with van der Waals surface area (Å²) in [7, 11) is -2.97. The molecule has 98 valence electrons. The summed E-state index contributed by atoms with van der Waals surface area (Å²) in [6.07, 6.45) is 0.740. The number of fused-ring (bicyclic) bond motifs is 3. The summed E-state index contributed by atoms with van der Waals surface area (Å²) in [6.45, 7) is 4.08. The lowest BCUT2D eigenvalue weighted by atomic mass is 9.80. The van der Waals surface area contributed by atoms with E-state index < -0.39 is 9.84 Å². The van der Waals surface area contributed by atoms with Gasteiger partial charge < -0.3 is 5.32 Å². The van der Waals surface area contributed by atoms with E-state index in [-0.39, 0.29) is 23.1 Å². The van der Waals surface area contributed by atoms with Gasteiger partial charge in [0.1, 0.15) is 0 Å². The number of hydrogen-bond donors (Lipinski definition) is 1. The number of benzene rings is 1. The van der Waals surface area contributed by atoms with Gasteiger partial charge in [-0.2, -0.15) is 0 Å². The normalized spacial score (nSPS) is 37.7. The third-order valence-electron chi connectivity index (χ3n) is 4.23. The maximum absolute atomic E-state index is 12.3. The van der Waals surface area contributed by atoms with Gasteiger partial charge in [-0.3, -0.25) is 0 Å². The van der Waals surface area contributed by atoms with Crippen molar-refractivity contribution in [2.45, 2.75) is 43.5 Å². The zero-order valence-corrected chi connectivity index (χ0v) is 11.6. The molecule has 0 spiro atoms. The molecule has 1 heterocycles. The van der Waals surface area contributed by atoms with Gasteiger partial charge in [-0.25, -0.2) is 8.42 Å². The third kappa shape index (κ3) is 1.79. The fourth-order valence-electron chi connectivity index (χ4n) is 3.43. The van der Waals surface area contributed by atoms with E-state index in [1.165, 1.54) is 11.1 Å². The van der Waals surface area contributed by atoms with Gasteiger partial charge in [0.2, 0.25) is 0 Å². The van der Waals surface area contributed by atoms with E-state index in [1.54, 1.807) is 0 Å². The summed E-state index contributed by atoms with van der Waals surface area (Å²) in [4.78, 5) is 0. The Morgan fingerprint density at radius 1 is 1.17 bits per heavy atom. The molecule has 1 aromatic carbocycles. The van der Waals surface area contributed by atoms with Crippen LogP contribution in [0, 0.1) is 0 Å². The van der Waals surface area contributed by atoms with Crippen LogP contribution in [-0.2, 0) is 9.84 Å². The summed E-state index contributed by atoms with van der Waals surface area (Å²) < 4.78 is 24.7. The van der Waals surface area contributed by atoms with Crippen molar-refractivity contribution in [1.29, 1.82) is 0 Å². The van der Waals surface area contributed by atoms with Gasteiger partial charge in [0, 0.05) is 12.1 Å². The predicted molar refractivity (Wildman–Crippen MR) is 72.4 cm³/mol. The molecule has 1 aromatic rings. The first kappa shape index (κ1) is 12.2. The van der Waals surface area contributed by atoms with Crippen molar-refractivity contribution < 1.29 is 8.42 Å². The molecule has 1 aliphatic heterocycles. The molecule has 2 aliphatic rings. The van der Waals surface area contributed by atoms with Crippen molar-refractivity contribution in [3.05, 3.63) is 35.4 Å². The molecule has 4 heteroatoms. The van der Waals surface area contributed by atoms with Crippen LogP contribution in [0.1, 0.15) is 43.4 Å². The second kappa shape index (κ2) is 4.07. The Balaban J connectivity index is 2.12. The van der Waals surface area contributed by atoms with Gasteiger partial charge in [0.05, 0.1) is 11.0 Å². The Kier molecular flexibility index (Phi) is 2.75. The zero-order valence-electron chi connectivity index (χ0n) is 10.8. The average molecular weight is 265 g/mol. The fraction of sp³-hybridized carbons (Fsp3) is 0.571. The van der Waals surface area contributed by atoms with Gasteiger partial charge >= 0.3 is 0 Å². The molecule has 0 saturated carbocycles. The molecular formula is C14H19NO2S. The van der Waals surface area contributed by atoms with Gasteiger partial charge in [0.15, 0.2) is 9.84 Å². The number of sulfone groups is 1. The minimum atomic E-state index is -2.97. The van der Waals surface area contributed by atoms with Crippen molar-refractivity contribution in [3.63, 3.8) is 0 Å². The van der Waals surface area contributed by atoms with Crippen molar-refractivity contribution >= 4 is 9.84 Å². The van der Waals surface area contributed by atoms with Crippen molar-refractivity contribution in [3.8, 4) is 0 Å². The van der Waals surface area contributed by atoms with Gasteiger partial charge in [-0.1, -0.05) is 31.2 Å². The van der Waals surface area contributed by atoms with Gasteiger partial charge in [-0.05, 0) is 30.4 Å². The van der Waals surface area contributed by atoms with Crippen LogP contribution < -0.4 is 5.32 Å². The molecule has 18 heavy (non-hydrogen) atoms. The molecule has 4 unspecified atom stereocenters. The SMILES string of the molecule is CC1CS(=O)(=O)C2CC(C)c3ccccc3C2N1. The van der Waals surface area contributed by atoms with Crippen LogP contribution in [-0.4, -0.2) is 25.5 Å². The van der Waals surface area contributed by atoms with Crippen LogP contribution in [0.5, 0.6) is 0 Å². The first-order valence-corrected chi connectivity index (χ1v) is 8.27. The highest BCUT2D eigenvalue weighted by Crippen LogP contribution is 2.42. The monoisotopic (exact) mass is 265 g/mol. The quantitative estimate of drug-likeness (QED) is 0.780. The summed E-state index contributed by atoms with van der Waals surface area (Å²) in [5, 5.41) is 3.22. The Hall–Kier alpha value is -0.870. The first-order valence-electron chi connectivity index (χ1n) is 6.55. The number of hydrogen-bond acceptors (Lipinski definition) is 3. The summed E-state index contributed by atoms with van der Waals surface area (Å²) in [5.74, 6) is 0.593. The maximum Gasteiger partial charge on any atom is 0.156 e. The molecular weight excluding hydrogens is 246 g/mol. The van der Waals surface area contributed by atoms with Crippen LogP contribution in [0.3, 0.4) is 0 Å². The standard InChI is InChI=1S/C14H19NO2S/c1-9-7-13-14(12-6-4-3-5-11(9)12)15-10(2)8-18(13,16)17/h3-6,9-10,13-15H,7-8H2,1-2H3. The minimum Gasteiger partial charge on any atom is -0.305 e. The van der Waals surface area contributed by atoms with E-state index in [0.29, 0.717) is 5.92 Å². The zero-order chi connectivity index (χ0) is 12.9. The molecule has 0 amide bonds. The summed E-state index contributed by atoms with van der Waals surface area (Å²) >= 11 is 0. The van der Waals surface area contributed by atoms with Crippen LogP contribution in [0.4, 0.5) is 0 Å². The van der Waals surface area contributed by atoms with E-state index in [9.17, 15) is 8.42 Å². The number of nitrogens with one attached hydrogen (secondary N) is 1. The van der Waals surface area contributed by atoms with E-state index in [4.69, 9.17) is 0 Å². The van der Waals surface area contributed by atoms with Crippen molar-refractivity contribution in [2.75, 3.05) is 5.75 Å². The molecule has 3 nitrogen and oxygen atoms in total. The van der Waals surface area contributed by atoms with Crippen LogP contribution in [0.25, 0.3) is 0 Å². The Morgan fingerprint density at radius 2 is 1.83 bits per heavy atom. The lowest BCUT2D eigenvalue weighted by Crippen LogP contribution is -2.53. The molecule has 1 aliphatic carbocycles. The van der Waals surface area contributed by atoms with Crippen LogP contribution in [0.15, 0.2) is 24.3 Å². The molecule has 1 saturated heterocycles. The third-order valence-corrected chi connectivity index (χ3v) is 6.58. The van der Waals surface area contributed by atoms with Crippen LogP contribution in [0.2, 0.25) is 0 Å². The van der Waals surface area contributed by atoms with Crippen molar-refractivity contribution in [1.82, 2.24) is 5.32 Å². The second-order valence-electron chi connectivity index (χ2n) is 5.68. The highest BCUT2D eigenvalue weighted by Gasteiger charge is 2.44. The largest absolute Gasteiger partial charge is 0.305 e. The van der Waals surface area contributed by atoms with Gasteiger partial charge in [-0.15, -0.1) is 0 Å². The Labute approximate surface area is 109 Å². The topological polar surface area (TPSA) is 46.2 Å². The fourth-order valence-corrected chi connectivity index (χ4v) is 5.69. The number of rotatable bonds is 0. The van der Waals surface area contributed by atoms with E-state index >= 15 is 0 Å². The lowest BCUT2D eigenvalue weighted by molar-refractivity contribution is 0.375. The second-order valence-corrected chi connectivity index (χ2v) is 7.94. The van der Waals surface area contributed by atoms with E-state index in [0.717, 1.165) is 6.42 Å². The highest BCUT2D eigenvalue weighted by atomic mass is 32.2. The molecule has 1 fully saturated rings. The highest BCUT2D eigenvalue weighted by molar-refractivity contribution is 7.92. The molecule has 4 atom stereocenters. The smallest absolute Gasteiger partial charge is 0.156 e. The van der Waals surface area contributed by atoms with Crippen molar-refractivity contribution in [2.24, 2.45) is 0 Å². The first-order chi connectivity index (χ1) is 8.49. The van der Waals surface area contributed by atoms with E-state index in [1.807, 2.05) is 19.1 Å². The Bertz CT molecular complexity index is 567. The van der Waals surface area contributed by atoms with Crippen LogP contribution >= 0.6 is 0 Å². The maximum atomic E-state index is 12.3. The average Bonchev–Trinajstić information content (AvgIpc) is 2.30. The molecule has 3 rings (SSSR count). The molecule has 1 N–H and O–H groups in total. The summed E-state index contributed by atoms with van der Waals surface area (Å²) in [5.41, 5.74) is 2.48. The Morgan fingerprint density at radius 3 is 2.56 bits per heavy atom. The minimum absolute atomic E-state index is 0.0221. The lowest BCUT2D eigenvalue weighted by Gasteiger charge is -2.42. The van der Waals surface area contributed by atoms with Gasteiger partial charge in [0.25, 0.3) is 0 Å².